The summed E-state index contributed by atoms with van der Waals surface area (Å²) in [5.41, 5.74) is 2.55. The maximum atomic E-state index is 11.5. The number of aliphatic hydroxyl groups excluding tert-OH is 2. The van der Waals surface area contributed by atoms with Gasteiger partial charge in [-0.1, -0.05) is 11.6 Å². The molecule has 5 nitrogen and oxygen atoms in total. The molecular formula is C16H22O5. The molecule has 0 aromatic heterocycles. The second-order valence-corrected chi connectivity index (χ2v) is 5.58. The van der Waals surface area contributed by atoms with Crippen LogP contribution in [-0.2, 0) is 9.53 Å². The Labute approximate surface area is 124 Å². The van der Waals surface area contributed by atoms with Crippen molar-refractivity contribution in [1.29, 1.82) is 0 Å². The summed E-state index contributed by atoms with van der Waals surface area (Å²) >= 11 is 0. The van der Waals surface area contributed by atoms with Crippen molar-refractivity contribution in [3.8, 4) is 5.75 Å². The second kappa shape index (κ2) is 6.45. The summed E-state index contributed by atoms with van der Waals surface area (Å²) < 4.78 is 10.7. The predicted molar refractivity (Wildman–Crippen MR) is 77.1 cm³/mol. The van der Waals surface area contributed by atoms with Crippen molar-refractivity contribution in [1.82, 2.24) is 0 Å². The highest BCUT2D eigenvalue weighted by Crippen LogP contribution is 2.39. The van der Waals surface area contributed by atoms with E-state index in [1.807, 2.05) is 26.0 Å². The number of cyclic esters (lactones) is 1. The molecule has 2 N–H and O–H groups in total. The van der Waals surface area contributed by atoms with Crippen LogP contribution in [0.25, 0.3) is 0 Å². The third-order valence-electron chi connectivity index (χ3n) is 3.94. The van der Waals surface area contributed by atoms with Gasteiger partial charge >= 0.3 is 5.97 Å². The van der Waals surface area contributed by atoms with Crippen LogP contribution >= 0.6 is 0 Å². The first-order chi connectivity index (χ1) is 9.97. The average molecular weight is 294 g/mol. The Morgan fingerprint density at radius 1 is 1.43 bits per heavy atom. The quantitative estimate of drug-likeness (QED) is 0.808. The lowest BCUT2D eigenvalue weighted by Crippen LogP contribution is -2.26. The molecule has 0 bridgehead atoms. The van der Waals surface area contributed by atoms with Gasteiger partial charge in [-0.15, -0.1) is 0 Å². The largest absolute Gasteiger partial charge is 0.496 e. The number of esters is 1. The molecule has 1 saturated heterocycles. The van der Waals surface area contributed by atoms with E-state index in [2.05, 4.69) is 0 Å². The van der Waals surface area contributed by atoms with Crippen molar-refractivity contribution in [2.24, 2.45) is 5.92 Å². The van der Waals surface area contributed by atoms with Crippen LogP contribution in [0.5, 0.6) is 5.75 Å². The fraction of sp³-hybridized carbons (Fsp3) is 0.562. The zero-order valence-electron chi connectivity index (χ0n) is 12.6. The summed E-state index contributed by atoms with van der Waals surface area (Å²) in [4.78, 5) is 11.5. The molecule has 0 aliphatic carbocycles. The van der Waals surface area contributed by atoms with Gasteiger partial charge in [0.1, 0.15) is 18.0 Å². The Balaban J connectivity index is 2.34. The van der Waals surface area contributed by atoms with Crippen LogP contribution in [-0.4, -0.2) is 36.0 Å². The number of rotatable bonds is 5. The average Bonchev–Trinajstić information content (AvgIpc) is 2.78. The monoisotopic (exact) mass is 294 g/mol. The van der Waals surface area contributed by atoms with Crippen LogP contribution in [0.2, 0.25) is 0 Å². The Bertz CT molecular complexity index is 526. The SMILES string of the molecule is COc1c(C)cc(C)cc1C(O)[C@@H]1OC(=O)C[C@@H]1CCO. The fourth-order valence-corrected chi connectivity index (χ4v) is 3.04. The van der Waals surface area contributed by atoms with E-state index in [1.165, 1.54) is 0 Å². The van der Waals surface area contributed by atoms with Gasteiger partial charge < -0.3 is 19.7 Å². The molecule has 1 fully saturated rings. The second-order valence-electron chi connectivity index (χ2n) is 5.58. The van der Waals surface area contributed by atoms with Gasteiger partial charge in [0.15, 0.2) is 0 Å². The Hall–Kier alpha value is -1.59. The molecule has 5 heteroatoms. The molecule has 1 aromatic carbocycles. The van der Waals surface area contributed by atoms with E-state index in [9.17, 15) is 9.90 Å². The van der Waals surface area contributed by atoms with Gasteiger partial charge in [0.25, 0.3) is 0 Å². The Kier molecular flexibility index (Phi) is 4.85. The lowest BCUT2D eigenvalue weighted by atomic mass is 9.89. The first-order valence-electron chi connectivity index (χ1n) is 7.11. The summed E-state index contributed by atoms with van der Waals surface area (Å²) in [6.45, 7) is 3.82. The summed E-state index contributed by atoms with van der Waals surface area (Å²) in [7, 11) is 1.56. The van der Waals surface area contributed by atoms with Gasteiger partial charge in [-0.2, -0.15) is 0 Å². The van der Waals surface area contributed by atoms with Crippen LogP contribution in [0.1, 0.15) is 35.6 Å². The molecule has 0 saturated carbocycles. The van der Waals surface area contributed by atoms with Crippen LogP contribution in [0.15, 0.2) is 12.1 Å². The smallest absolute Gasteiger partial charge is 0.306 e. The van der Waals surface area contributed by atoms with Gasteiger partial charge in [-0.3, -0.25) is 4.79 Å². The number of methoxy groups -OCH3 is 1. The predicted octanol–water partition coefficient (Wildman–Crippen LogP) is 1.66. The highest BCUT2D eigenvalue weighted by molar-refractivity contribution is 5.72. The minimum Gasteiger partial charge on any atom is -0.496 e. The number of carbonyl (C=O) groups is 1. The molecular weight excluding hydrogens is 272 g/mol. The van der Waals surface area contributed by atoms with E-state index in [1.54, 1.807) is 7.11 Å². The maximum Gasteiger partial charge on any atom is 0.306 e. The highest BCUT2D eigenvalue weighted by Gasteiger charge is 2.40. The minimum atomic E-state index is -0.957. The molecule has 0 radical (unpaired) electrons. The third-order valence-corrected chi connectivity index (χ3v) is 3.94. The van der Waals surface area contributed by atoms with Crippen LogP contribution in [0.3, 0.4) is 0 Å². The summed E-state index contributed by atoms with van der Waals surface area (Å²) in [6, 6.07) is 3.82. The normalized spacial score (nSPS) is 23.0. The molecule has 116 valence electrons. The van der Waals surface area contributed by atoms with Gasteiger partial charge in [-0.05, 0) is 31.9 Å². The molecule has 0 amide bonds. The molecule has 2 rings (SSSR count). The zero-order valence-corrected chi connectivity index (χ0v) is 12.6. The molecule has 1 unspecified atom stereocenters. The molecule has 0 spiro atoms. The standard InChI is InChI=1S/C16H22O5/c1-9-6-10(2)15(20-3)12(7-9)14(19)16-11(4-5-17)8-13(18)21-16/h6-7,11,14,16-17,19H,4-5,8H2,1-3H3/t11-,14?,16+/m0/s1. The molecule has 3 atom stereocenters. The lowest BCUT2D eigenvalue weighted by Gasteiger charge is -2.25. The fourth-order valence-electron chi connectivity index (χ4n) is 3.04. The number of benzene rings is 1. The third kappa shape index (κ3) is 3.19. The molecule has 1 aromatic rings. The zero-order chi connectivity index (χ0) is 15.6. The van der Waals surface area contributed by atoms with Crippen LogP contribution < -0.4 is 4.74 Å². The van der Waals surface area contributed by atoms with Crippen molar-refractivity contribution >= 4 is 5.97 Å². The number of aliphatic hydroxyl groups is 2. The summed E-state index contributed by atoms with van der Waals surface area (Å²) in [5, 5.41) is 19.8. The van der Waals surface area contributed by atoms with Crippen LogP contribution in [0.4, 0.5) is 0 Å². The van der Waals surface area contributed by atoms with Crippen molar-refractivity contribution in [3.63, 3.8) is 0 Å². The first-order valence-corrected chi connectivity index (χ1v) is 7.11. The highest BCUT2D eigenvalue weighted by atomic mass is 16.6. The van der Waals surface area contributed by atoms with E-state index < -0.39 is 12.2 Å². The van der Waals surface area contributed by atoms with Crippen LogP contribution in [0, 0.1) is 19.8 Å². The molecule has 1 heterocycles. The van der Waals surface area contributed by atoms with E-state index >= 15 is 0 Å². The number of hydrogen-bond acceptors (Lipinski definition) is 5. The summed E-state index contributed by atoms with van der Waals surface area (Å²) in [6.07, 6.45) is -0.933. The number of aryl methyl sites for hydroxylation is 2. The van der Waals surface area contributed by atoms with E-state index in [4.69, 9.17) is 14.6 Å². The van der Waals surface area contributed by atoms with E-state index in [-0.39, 0.29) is 24.9 Å². The van der Waals surface area contributed by atoms with Gasteiger partial charge in [0.2, 0.25) is 0 Å². The van der Waals surface area contributed by atoms with Gasteiger partial charge in [0, 0.05) is 18.1 Å². The Morgan fingerprint density at radius 2 is 2.14 bits per heavy atom. The Morgan fingerprint density at radius 3 is 2.76 bits per heavy atom. The van der Waals surface area contributed by atoms with Crippen molar-refractivity contribution in [2.75, 3.05) is 13.7 Å². The molecule has 1 aliphatic heterocycles. The van der Waals surface area contributed by atoms with E-state index in [0.29, 0.717) is 17.7 Å². The van der Waals surface area contributed by atoms with E-state index in [0.717, 1.165) is 11.1 Å². The first kappa shape index (κ1) is 15.8. The van der Waals surface area contributed by atoms with Crippen molar-refractivity contribution in [3.05, 3.63) is 28.8 Å². The maximum absolute atomic E-state index is 11.5. The van der Waals surface area contributed by atoms with Gasteiger partial charge in [0.05, 0.1) is 13.5 Å². The van der Waals surface area contributed by atoms with Gasteiger partial charge in [-0.25, -0.2) is 0 Å². The lowest BCUT2D eigenvalue weighted by molar-refractivity contribution is -0.146. The number of carbonyl (C=O) groups excluding carboxylic acids is 1. The molecule has 1 aliphatic rings. The van der Waals surface area contributed by atoms with Crippen molar-refractivity contribution in [2.45, 2.75) is 38.9 Å². The number of hydrogen-bond donors (Lipinski definition) is 2. The summed E-state index contributed by atoms with van der Waals surface area (Å²) in [5.74, 6) is 0.0997. The number of ether oxygens (including phenoxy) is 2. The molecule has 21 heavy (non-hydrogen) atoms. The topological polar surface area (TPSA) is 76.0 Å². The minimum absolute atomic E-state index is 0.0332. The van der Waals surface area contributed by atoms with Crippen molar-refractivity contribution < 1.29 is 24.5 Å².